The summed E-state index contributed by atoms with van der Waals surface area (Å²) in [4.78, 5) is 36.7. The van der Waals surface area contributed by atoms with Crippen LogP contribution in [0.3, 0.4) is 0 Å². The summed E-state index contributed by atoms with van der Waals surface area (Å²) in [7, 11) is 1.30. The van der Waals surface area contributed by atoms with Crippen LogP contribution >= 0.6 is 24.0 Å². The first kappa shape index (κ1) is 19.6. The van der Waals surface area contributed by atoms with Crippen LogP contribution < -0.4 is 5.43 Å². The number of carbonyl (C=O) groups excluding carboxylic acids is 3. The molecule has 0 spiro atoms. The second-order valence-corrected chi connectivity index (χ2v) is 7.29. The third kappa shape index (κ3) is 4.21. The van der Waals surface area contributed by atoms with Crippen molar-refractivity contribution < 1.29 is 24.2 Å². The number of hydrogen-bond acceptors (Lipinski definition) is 7. The highest BCUT2D eigenvalue weighted by Gasteiger charge is 2.33. The predicted octanol–water partition coefficient (Wildman–Crippen LogP) is 2.73. The van der Waals surface area contributed by atoms with Crippen molar-refractivity contribution >= 4 is 52.2 Å². The predicted molar refractivity (Wildman–Crippen MR) is 108 cm³/mol. The van der Waals surface area contributed by atoms with Gasteiger partial charge in [-0.05, 0) is 60.3 Å². The number of methoxy groups -OCH3 is 1. The van der Waals surface area contributed by atoms with Crippen LogP contribution in [0.4, 0.5) is 0 Å². The van der Waals surface area contributed by atoms with Gasteiger partial charge in [0.1, 0.15) is 5.75 Å². The molecule has 0 saturated carbocycles. The summed E-state index contributed by atoms with van der Waals surface area (Å²) < 4.78 is 4.83. The van der Waals surface area contributed by atoms with Crippen LogP contribution in [0.5, 0.6) is 5.75 Å². The Kier molecular flexibility index (Phi) is 5.76. The van der Waals surface area contributed by atoms with Gasteiger partial charge in [0.25, 0.3) is 11.8 Å². The summed E-state index contributed by atoms with van der Waals surface area (Å²) in [6.45, 7) is 0. The molecular formula is C19H14N2O5S2. The van der Waals surface area contributed by atoms with Crippen molar-refractivity contribution in [3.8, 4) is 5.75 Å². The van der Waals surface area contributed by atoms with E-state index < -0.39 is 17.8 Å². The summed E-state index contributed by atoms with van der Waals surface area (Å²) in [6.07, 6.45) is 1.62. The molecule has 0 bridgehead atoms. The van der Waals surface area contributed by atoms with Crippen molar-refractivity contribution in [3.63, 3.8) is 0 Å². The first-order chi connectivity index (χ1) is 13.4. The van der Waals surface area contributed by atoms with Gasteiger partial charge < -0.3 is 9.84 Å². The Bertz CT molecular complexity index is 984. The van der Waals surface area contributed by atoms with Crippen molar-refractivity contribution in [2.24, 2.45) is 0 Å². The van der Waals surface area contributed by atoms with Crippen LogP contribution in [0.2, 0.25) is 0 Å². The molecule has 0 aromatic heterocycles. The van der Waals surface area contributed by atoms with E-state index in [1.165, 1.54) is 31.4 Å². The summed E-state index contributed by atoms with van der Waals surface area (Å²) >= 11 is 6.24. The van der Waals surface area contributed by atoms with Gasteiger partial charge in [-0.25, -0.2) is 4.79 Å². The van der Waals surface area contributed by atoms with Crippen LogP contribution in [-0.4, -0.2) is 39.3 Å². The molecule has 1 aliphatic rings. The van der Waals surface area contributed by atoms with E-state index in [-0.39, 0.29) is 15.6 Å². The van der Waals surface area contributed by atoms with Crippen molar-refractivity contribution in [1.29, 1.82) is 0 Å². The quantitative estimate of drug-likeness (QED) is 0.451. The molecule has 2 amide bonds. The van der Waals surface area contributed by atoms with Crippen LogP contribution in [0, 0.1) is 0 Å². The maximum Gasteiger partial charge on any atom is 0.337 e. The summed E-state index contributed by atoms with van der Waals surface area (Å²) in [6, 6.07) is 12.1. The average Bonchev–Trinajstić information content (AvgIpc) is 2.95. The van der Waals surface area contributed by atoms with Crippen molar-refractivity contribution in [3.05, 3.63) is 70.1 Å². The van der Waals surface area contributed by atoms with Gasteiger partial charge >= 0.3 is 5.97 Å². The Balaban J connectivity index is 1.74. The molecule has 0 atom stereocenters. The average molecular weight is 414 g/mol. The van der Waals surface area contributed by atoms with Gasteiger partial charge in [-0.1, -0.05) is 23.9 Å². The zero-order chi connectivity index (χ0) is 20.3. The number of carbonyl (C=O) groups is 3. The minimum absolute atomic E-state index is 0.0308. The molecule has 1 heterocycles. The molecule has 0 aliphatic carbocycles. The molecule has 1 aliphatic heterocycles. The molecule has 2 aromatic rings. The maximum atomic E-state index is 12.6. The highest BCUT2D eigenvalue weighted by Crippen LogP contribution is 2.31. The number of nitrogens with zero attached hydrogens (tertiary/aromatic N) is 1. The number of hydrazine groups is 1. The van der Waals surface area contributed by atoms with E-state index in [0.29, 0.717) is 16.0 Å². The third-order valence-corrected chi connectivity index (χ3v) is 5.07. The van der Waals surface area contributed by atoms with E-state index in [1.54, 1.807) is 30.3 Å². The number of hydrogen-bond donors (Lipinski definition) is 2. The monoisotopic (exact) mass is 414 g/mol. The molecule has 0 radical (unpaired) electrons. The molecule has 1 saturated heterocycles. The number of amides is 2. The lowest BCUT2D eigenvalue weighted by atomic mass is 10.1. The lowest BCUT2D eigenvalue weighted by molar-refractivity contribution is -0.123. The van der Waals surface area contributed by atoms with Gasteiger partial charge in [0.2, 0.25) is 0 Å². The Labute approximate surface area is 170 Å². The zero-order valence-electron chi connectivity index (χ0n) is 14.5. The fourth-order valence-corrected chi connectivity index (χ4v) is 3.51. The molecule has 9 heteroatoms. The number of benzene rings is 2. The molecule has 2 aromatic carbocycles. The highest BCUT2D eigenvalue weighted by atomic mass is 32.2. The number of rotatable bonds is 4. The van der Waals surface area contributed by atoms with E-state index in [4.69, 9.17) is 12.2 Å². The van der Waals surface area contributed by atoms with Gasteiger partial charge in [0.15, 0.2) is 4.32 Å². The van der Waals surface area contributed by atoms with Crippen LogP contribution in [0.25, 0.3) is 6.08 Å². The Morgan fingerprint density at radius 1 is 1.11 bits per heavy atom. The van der Waals surface area contributed by atoms with E-state index in [2.05, 4.69) is 10.2 Å². The van der Waals surface area contributed by atoms with Gasteiger partial charge in [-0.15, -0.1) is 0 Å². The number of thioether (sulfide) groups is 1. The summed E-state index contributed by atoms with van der Waals surface area (Å²) in [5.41, 5.74) is 3.82. The number of ether oxygens (including phenoxy) is 1. The fraction of sp³-hybridized carbons (Fsp3) is 0.0526. The van der Waals surface area contributed by atoms with Crippen LogP contribution in [-0.2, 0) is 9.53 Å². The lowest BCUT2D eigenvalue weighted by Crippen LogP contribution is -2.44. The molecular weight excluding hydrogens is 400 g/mol. The highest BCUT2D eigenvalue weighted by molar-refractivity contribution is 8.26. The second-order valence-electron chi connectivity index (χ2n) is 5.62. The van der Waals surface area contributed by atoms with Gasteiger partial charge in [0, 0.05) is 5.56 Å². The topological polar surface area (TPSA) is 95.9 Å². The molecule has 2 N–H and O–H groups in total. The lowest BCUT2D eigenvalue weighted by Gasteiger charge is -2.15. The number of phenolic OH excluding ortho intramolecular Hbond substituents is 1. The zero-order valence-corrected chi connectivity index (χ0v) is 16.2. The number of phenols is 1. The normalized spacial score (nSPS) is 15.0. The van der Waals surface area contributed by atoms with Gasteiger partial charge in [-0.3, -0.25) is 15.0 Å². The molecule has 142 valence electrons. The van der Waals surface area contributed by atoms with E-state index in [9.17, 15) is 19.5 Å². The maximum absolute atomic E-state index is 12.6. The Morgan fingerprint density at radius 3 is 2.32 bits per heavy atom. The Hall–Kier alpha value is -3.17. The largest absolute Gasteiger partial charge is 0.508 e. The van der Waals surface area contributed by atoms with Crippen molar-refractivity contribution in [1.82, 2.24) is 10.4 Å². The molecule has 3 rings (SSSR count). The van der Waals surface area contributed by atoms with Gasteiger partial charge in [-0.2, -0.15) is 5.01 Å². The number of esters is 1. The van der Waals surface area contributed by atoms with Crippen LogP contribution in [0.1, 0.15) is 26.3 Å². The van der Waals surface area contributed by atoms with E-state index in [0.717, 1.165) is 16.8 Å². The number of thiocarbonyl (C=S) groups is 1. The van der Waals surface area contributed by atoms with E-state index in [1.807, 2.05) is 0 Å². The summed E-state index contributed by atoms with van der Waals surface area (Å²) in [5, 5.41) is 10.3. The first-order valence-electron chi connectivity index (χ1n) is 7.95. The minimum Gasteiger partial charge on any atom is -0.508 e. The second kappa shape index (κ2) is 8.24. The number of nitrogens with one attached hydrogen (secondary N) is 1. The van der Waals surface area contributed by atoms with Crippen molar-refractivity contribution in [2.45, 2.75) is 0 Å². The first-order valence-corrected chi connectivity index (χ1v) is 9.18. The standard InChI is InChI=1S/C19H14N2O5S2/c1-26-18(25)13-4-2-11(3-5-13)10-15-17(24)21(19(27)28-15)20-16(23)12-6-8-14(22)9-7-12/h2-10,22H,1H3,(H,20,23). The van der Waals surface area contributed by atoms with E-state index >= 15 is 0 Å². The summed E-state index contributed by atoms with van der Waals surface area (Å²) in [5.74, 6) is -1.41. The minimum atomic E-state index is -0.528. The van der Waals surface area contributed by atoms with Crippen molar-refractivity contribution in [2.75, 3.05) is 7.11 Å². The molecule has 7 nitrogen and oxygen atoms in total. The molecule has 1 fully saturated rings. The molecule has 0 unspecified atom stereocenters. The van der Waals surface area contributed by atoms with Gasteiger partial charge in [0.05, 0.1) is 17.6 Å². The fourth-order valence-electron chi connectivity index (χ4n) is 2.33. The molecule has 28 heavy (non-hydrogen) atoms. The smallest absolute Gasteiger partial charge is 0.337 e. The third-order valence-electron chi connectivity index (χ3n) is 3.77. The Morgan fingerprint density at radius 2 is 1.71 bits per heavy atom. The van der Waals surface area contributed by atoms with Crippen LogP contribution in [0.15, 0.2) is 53.4 Å². The SMILES string of the molecule is COC(=O)c1ccc(C=C2SC(=S)N(NC(=O)c3ccc(O)cc3)C2=O)cc1. The number of aromatic hydroxyl groups is 1.